The number of carbonyl (C=O) groups is 1. The number of hydrogen-bond acceptors (Lipinski definition) is 3. The number of unbranched alkanes of at least 4 members (excludes halogenated alkanes) is 3. The molecule has 0 aromatic heterocycles. The summed E-state index contributed by atoms with van der Waals surface area (Å²) in [6, 6.07) is 0. The molecule has 2 saturated carbocycles. The fourth-order valence-corrected chi connectivity index (χ4v) is 4.86. The average molecular weight is 353 g/mol. The van der Waals surface area contributed by atoms with Gasteiger partial charge >= 0.3 is 5.97 Å². The Morgan fingerprint density at radius 2 is 2.04 bits per heavy atom. The topological polar surface area (TPSA) is 77.8 Å². The van der Waals surface area contributed by atoms with Gasteiger partial charge in [-0.15, -0.1) is 0 Å². The van der Waals surface area contributed by atoms with Crippen molar-refractivity contribution in [3.63, 3.8) is 0 Å². The second kappa shape index (κ2) is 10.3. The molecule has 0 bridgehead atoms. The molecular weight excluding hydrogens is 316 g/mol. The minimum absolute atomic E-state index is 0.202. The lowest BCUT2D eigenvalue weighted by molar-refractivity contribution is -0.137. The minimum atomic E-state index is -0.720. The van der Waals surface area contributed by atoms with E-state index >= 15 is 0 Å². The quantitative estimate of drug-likeness (QED) is 0.383. The molecule has 0 heterocycles. The van der Waals surface area contributed by atoms with Crippen molar-refractivity contribution in [2.45, 2.75) is 96.2 Å². The summed E-state index contributed by atoms with van der Waals surface area (Å²) in [6.45, 7) is 2.17. The van der Waals surface area contributed by atoms with Crippen LogP contribution in [0.5, 0.6) is 0 Å². The van der Waals surface area contributed by atoms with Gasteiger partial charge in [0.2, 0.25) is 0 Å². The molecule has 0 aromatic rings. The Balaban J connectivity index is 1.75. The third-order valence-electron chi connectivity index (χ3n) is 6.22. The highest BCUT2D eigenvalue weighted by molar-refractivity contribution is 5.66. The van der Waals surface area contributed by atoms with Crippen molar-refractivity contribution in [3.8, 4) is 0 Å². The van der Waals surface area contributed by atoms with Crippen molar-refractivity contribution < 1.29 is 20.1 Å². The molecule has 4 nitrogen and oxygen atoms in total. The van der Waals surface area contributed by atoms with Crippen LogP contribution >= 0.6 is 0 Å². The molecule has 0 aromatic carbocycles. The predicted octanol–water partition coefficient (Wildman–Crippen LogP) is 4.30. The van der Waals surface area contributed by atoms with Crippen LogP contribution in [-0.2, 0) is 4.79 Å². The van der Waals surface area contributed by atoms with Gasteiger partial charge in [-0.2, -0.15) is 0 Å². The number of aliphatic hydroxyl groups is 2. The predicted molar refractivity (Wildman–Crippen MR) is 99.3 cm³/mol. The highest BCUT2D eigenvalue weighted by Crippen LogP contribution is 2.51. The molecular formula is C21H36O4. The van der Waals surface area contributed by atoms with Crippen LogP contribution in [0.4, 0.5) is 0 Å². The fraction of sp³-hybridized carbons (Fsp3) is 0.857. The highest BCUT2D eigenvalue weighted by Gasteiger charge is 2.45. The molecule has 3 N–H and O–H groups in total. The van der Waals surface area contributed by atoms with Gasteiger partial charge in [-0.25, -0.2) is 0 Å². The molecule has 5 atom stereocenters. The summed E-state index contributed by atoms with van der Waals surface area (Å²) in [5.41, 5.74) is 1.46. The number of hydrogen-bond donors (Lipinski definition) is 3. The van der Waals surface area contributed by atoms with E-state index in [9.17, 15) is 15.0 Å². The summed E-state index contributed by atoms with van der Waals surface area (Å²) >= 11 is 0. The molecule has 0 unspecified atom stereocenters. The van der Waals surface area contributed by atoms with Crippen LogP contribution in [0.15, 0.2) is 11.6 Å². The first-order valence-corrected chi connectivity index (χ1v) is 10.3. The van der Waals surface area contributed by atoms with Crippen molar-refractivity contribution in [2.75, 3.05) is 0 Å². The SMILES string of the molecule is CCCCC[C@H](O)CC[C@@H]1[C@H]2C/C(=C/CCCC(=O)O)C[C@H]2C[C@H]1O. The number of allylic oxidation sites excluding steroid dienone is 2. The fourth-order valence-electron chi connectivity index (χ4n) is 4.86. The zero-order valence-corrected chi connectivity index (χ0v) is 15.7. The molecule has 0 saturated heterocycles. The molecule has 0 amide bonds. The summed E-state index contributed by atoms with van der Waals surface area (Å²) in [7, 11) is 0. The van der Waals surface area contributed by atoms with Crippen LogP contribution in [0.2, 0.25) is 0 Å². The van der Waals surface area contributed by atoms with Gasteiger partial charge in [0, 0.05) is 6.42 Å². The van der Waals surface area contributed by atoms with Crippen molar-refractivity contribution in [3.05, 3.63) is 11.6 Å². The van der Waals surface area contributed by atoms with E-state index < -0.39 is 5.97 Å². The summed E-state index contributed by atoms with van der Waals surface area (Å²) in [4.78, 5) is 10.6. The van der Waals surface area contributed by atoms with E-state index in [0.717, 1.165) is 51.4 Å². The third-order valence-corrected chi connectivity index (χ3v) is 6.22. The summed E-state index contributed by atoms with van der Waals surface area (Å²) in [5, 5.41) is 29.3. The van der Waals surface area contributed by atoms with E-state index in [2.05, 4.69) is 13.0 Å². The van der Waals surface area contributed by atoms with Crippen LogP contribution in [-0.4, -0.2) is 33.5 Å². The van der Waals surface area contributed by atoms with E-state index in [0.29, 0.717) is 24.2 Å². The molecule has 2 fully saturated rings. The van der Waals surface area contributed by atoms with Crippen LogP contribution in [0.25, 0.3) is 0 Å². The largest absolute Gasteiger partial charge is 0.481 e. The minimum Gasteiger partial charge on any atom is -0.481 e. The Kier molecular flexibility index (Phi) is 8.44. The number of aliphatic hydroxyl groups excluding tert-OH is 2. The second-order valence-electron chi connectivity index (χ2n) is 8.17. The average Bonchev–Trinajstić information content (AvgIpc) is 3.06. The summed E-state index contributed by atoms with van der Waals surface area (Å²) in [5.74, 6) is 0.754. The zero-order chi connectivity index (χ0) is 18.2. The first-order chi connectivity index (χ1) is 12.0. The Morgan fingerprint density at radius 1 is 1.24 bits per heavy atom. The van der Waals surface area contributed by atoms with Crippen molar-refractivity contribution in [2.24, 2.45) is 17.8 Å². The molecule has 144 valence electrons. The van der Waals surface area contributed by atoms with E-state index in [1.807, 2.05) is 0 Å². The summed E-state index contributed by atoms with van der Waals surface area (Å²) < 4.78 is 0. The molecule has 0 spiro atoms. The monoisotopic (exact) mass is 352 g/mol. The van der Waals surface area contributed by atoms with Crippen LogP contribution in [0.3, 0.4) is 0 Å². The number of carboxylic acid groups (broad SMARTS) is 1. The van der Waals surface area contributed by atoms with Crippen LogP contribution in [0.1, 0.15) is 84.0 Å². The van der Waals surface area contributed by atoms with E-state index in [4.69, 9.17) is 5.11 Å². The van der Waals surface area contributed by atoms with Gasteiger partial charge < -0.3 is 15.3 Å². The number of fused-ring (bicyclic) bond motifs is 1. The normalized spacial score (nSPS) is 31.4. The maximum absolute atomic E-state index is 10.6. The maximum atomic E-state index is 10.6. The van der Waals surface area contributed by atoms with Gasteiger partial charge in [0.1, 0.15) is 0 Å². The first-order valence-electron chi connectivity index (χ1n) is 10.3. The van der Waals surface area contributed by atoms with Gasteiger partial charge in [-0.3, -0.25) is 4.79 Å². The van der Waals surface area contributed by atoms with E-state index in [-0.39, 0.29) is 18.6 Å². The molecule has 25 heavy (non-hydrogen) atoms. The van der Waals surface area contributed by atoms with Gasteiger partial charge in [-0.1, -0.05) is 37.8 Å². The van der Waals surface area contributed by atoms with Gasteiger partial charge in [0.25, 0.3) is 0 Å². The van der Waals surface area contributed by atoms with Gasteiger partial charge in [-0.05, 0) is 69.1 Å². The lowest BCUT2D eigenvalue weighted by Crippen LogP contribution is -2.21. The lowest BCUT2D eigenvalue weighted by Gasteiger charge is -2.22. The second-order valence-corrected chi connectivity index (χ2v) is 8.17. The Hall–Kier alpha value is -0.870. The number of rotatable bonds is 11. The van der Waals surface area contributed by atoms with Crippen molar-refractivity contribution in [1.29, 1.82) is 0 Å². The summed E-state index contributed by atoms with van der Waals surface area (Å²) in [6.07, 6.45) is 12.8. The number of aliphatic carboxylic acids is 1. The van der Waals surface area contributed by atoms with E-state index in [1.165, 1.54) is 18.4 Å². The lowest BCUT2D eigenvalue weighted by atomic mass is 9.86. The van der Waals surface area contributed by atoms with Crippen molar-refractivity contribution >= 4 is 5.97 Å². The third kappa shape index (κ3) is 6.41. The molecule has 2 aliphatic carbocycles. The molecule has 2 rings (SSSR count). The van der Waals surface area contributed by atoms with Gasteiger partial charge in [0.05, 0.1) is 12.2 Å². The molecule has 2 aliphatic rings. The van der Waals surface area contributed by atoms with Crippen LogP contribution in [0, 0.1) is 17.8 Å². The molecule has 0 aliphatic heterocycles. The zero-order valence-electron chi connectivity index (χ0n) is 15.7. The number of carboxylic acids is 1. The van der Waals surface area contributed by atoms with Crippen molar-refractivity contribution in [1.82, 2.24) is 0 Å². The first kappa shape index (κ1) is 20.4. The Labute approximate surface area is 152 Å². The Morgan fingerprint density at radius 3 is 2.76 bits per heavy atom. The van der Waals surface area contributed by atoms with E-state index in [1.54, 1.807) is 0 Å². The highest BCUT2D eigenvalue weighted by atomic mass is 16.4. The smallest absolute Gasteiger partial charge is 0.303 e. The standard InChI is InChI=1S/C21H36O4/c1-2-3-4-8-17(22)10-11-18-19-13-15(7-5-6-9-21(24)25)12-16(19)14-20(18)23/h7,16-20,22-23H,2-6,8-14H2,1H3,(H,24,25)/b15-7+/t16-,17-,18+,19-,20+/m0/s1. The maximum Gasteiger partial charge on any atom is 0.303 e. The molecule has 0 radical (unpaired) electrons. The van der Waals surface area contributed by atoms with Crippen LogP contribution < -0.4 is 0 Å². The van der Waals surface area contributed by atoms with Gasteiger partial charge in [0.15, 0.2) is 0 Å². The Bertz CT molecular complexity index is 445. The molecule has 4 heteroatoms.